The summed E-state index contributed by atoms with van der Waals surface area (Å²) in [6, 6.07) is 0. The molecule has 1 saturated carbocycles. The maximum absolute atomic E-state index is 8.09. The summed E-state index contributed by atoms with van der Waals surface area (Å²) in [7, 11) is 2.08. The van der Waals surface area contributed by atoms with Crippen LogP contribution in [0.3, 0.4) is 0 Å². The number of amidine groups is 1. The van der Waals surface area contributed by atoms with Gasteiger partial charge in [-0.3, -0.25) is 5.41 Å². The predicted molar refractivity (Wildman–Crippen MR) is 61.8 cm³/mol. The first-order chi connectivity index (χ1) is 6.65. The Bertz CT molecular complexity index is 183. The average molecular weight is 196 g/mol. The minimum absolute atomic E-state index is 0.559. The van der Waals surface area contributed by atoms with Crippen LogP contribution >= 0.6 is 0 Å². The second-order valence-corrected chi connectivity index (χ2v) is 4.76. The van der Waals surface area contributed by atoms with Crippen molar-refractivity contribution in [3.63, 3.8) is 0 Å². The van der Waals surface area contributed by atoms with Crippen molar-refractivity contribution < 1.29 is 0 Å². The Morgan fingerprint density at radius 2 is 2.00 bits per heavy atom. The molecule has 0 aliphatic heterocycles. The van der Waals surface area contributed by atoms with E-state index in [0.29, 0.717) is 11.8 Å². The summed E-state index contributed by atoms with van der Waals surface area (Å²) in [5.74, 6) is 2.15. The number of hydrogen-bond donors (Lipinski definition) is 1. The van der Waals surface area contributed by atoms with E-state index < -0.39 is 0 Å². The van der Waals surface area contributed by atoms with Crippen molar-refractivity contribution in [2.24, 2.45) is 11.8 Å². The molecule has 14 heavy (non-hydrogen) atoms. The molecule has 2 heteroatoms. The van der Waals surface area contributed by atoms with Crippen molar-refractivity contribution in [3.8, 4) is 0 Å². The lowest BCUT2D eigenvalue weighted by Gasteiger charge is -2.26. The van der Waals surface area contributed by atoms with Gasteiger partial charge in [0, 0.05) is 19.5 Å². The lowest BCUT2D eigenvalue weighted by Crippen LogP contribution is -2.34. The van der Waals surface area contributed by atoms with E-state index in [1.165, 1.54) is 32.1 Å². The van der Waals surface area contributed by atoms with E-state index in [4.69, 9.17) is 5.41 Å². The van der Waals surface area contributed by atoms with Gasteiger partial charge in [-0.1, -0.05) is 33.1 Å². The molecule has 0 bridgehead atoms. The molecule has 1 N–H and O–H groups in total. The van der Waals surface area contributed by atoms with Crippen molar-refractivity contribution in [1.29, 1.82) is 5.41 Å². The average Bonchev–Trinajstić information content (AvgIpc) is 2.69. The topological polar surface area (TPSA) is 27.1 Å². The van der Waals surface area contributed by atoms with E-state index >= 15 is 0 Å². The van der Waals surface area contributed by atoms with Gasteiger partial charge < -0.3 is 4.90 Å². The van der Waals surface area contributed by atoms with Gasteiger partial charge in [-0.05, 0) is 18.8 Å². The Morgan fingerprint density at radius 3 is 2.50 bits per heavy atom. The first kappa shape index (κ1) is 11.5. The molecule has 2 nitrogen and oxygen atoms in total. The van der Waals surface area contributed by atoms with Crippen LogP contribution in [0.2, 0.25) is 0 Å². The molecular formula is C12H24N2. The van der Waals surface area contributed by atoms with Gasteiger partial charge in [0.15, 0.2) is 0 Å². The molecule has 82 valence electrons. The standard InChI is InChI=1S/C12H24N2/c1-4-10(2)9-14(3)12(13)11-7-5-6-8-11/h10-11,13H,4-9H2,1-3H3. The molecule has 1 atom stereocenters. The van der Waals surface area contributed by atoms with Gasteiger partial charge in [0.2, 0.25) is 0 Å². The Morgan fingerprint density at radius 1 is 1.43 bits per heavy atom. The predicted octanol–water partition coefficient (Wildman–Crippen LogP) is 3.13. The minimum atomic E-state index is 0.559. The van der Waals surface area contributed by atoms with Crippen LogP contribution in [0.5, 0.6) is 0 Å². The lowest BCUT2D eigenvalue weighted by molar-refractivity contribution is 0.376. The third kappa shape index (κ3) is 3.00. The molecule has 0 aromatic heterocycles. The molecule has 0 amide bonds. The molecule has 1 unspecified atom stereocenters. The fourth-order valence-electron chi connectivity index (χ4n) is 2.21. The van der Waals surface area contributed by atoms with Gasteiger partial charge in [-0.25, -0.2) is 0 Å². The SMILES string of the molecule is CCC(C)CN(C)C(=N)C1CCCC1. The zero-order valence-corrected chi connectivity index (χ0v) is 9.84. The molecule has 1 aliphatic rings. The highest BCUT2D eigenvalue weighted by Gasteiger charge is 2.22. The molecule has 1 rings (SSSR count). The summed E-state index contributed by atoms with van der Waals surface area (Å²) < 4.78 is 0. The van der Waals surface area contributed by atoms with Crippen LogP contribution in [0, 0.1) is 17.2 Å². The number of rotatable bonds is 4. The van der Waals surface area contributed by atoms with Crippen LogP contribution in [-0.4, -0.2) is 24.3 Å². The number of nitrogens with one attached hydrogen (secondary N) is 1. The first-order valence-electron chi connectivity index (χ1n) is 5.94. The highest BCUT2D eigenvalue weighted by molar-refractivity contribution is 5.81. The van der Waals surface area contributed by atoms with Gasteiger partial charge in [0.1, 0.15) is 0 Å². The van der Waals surface area contributed by atoms with E-state index in [0.717, 1.165) is 12.4 Å². The first-order valence-corrected chi connectivity index (χ1v) is 5.94. The van der Waals surface area contributed by atoms with Crippen LogP contribution < -0.4 is 0 Å². The van der Waals surface area contributed by atoms with Crippen molar-refractivity contribution in [1.82, 2.24) is 4.90 Å². The van der Waals surface area contributed by atoms with Crippen LogP contribution in [0.1, 0.15) is 46.0 Å². The molecule has 1 fully saturated rings. The summed E-state index contributed by atoms with van der Waals surface area (Å²) in [6.07, 6.45) is 6.34. The Labute approximate surface area is 88.2 Å². The second-order valence-electron chi connectivity index (χ2n) is 4.76. The van der Waals surface area contributed by atoms with E-state index in [1.807, 2.05) is 0 Å². The monoisotopic (exact) mass is 196 g/mol. The van der Waals surface area contributed by atoms with E-state index in [1.54, 1.807) is 0 Å². The van der Waals surface area contributed by atoms with Gasteiger partial charge >= 0.3 is 0 Å². The number of hydrogen-bond acceptors (Lipinski definition) is 1. The zero-order valence-electron chi connectivity index (χ0n) is 9.84. The Kier molecular flexibility index (Phi) is 4.43. The fraction of sp³-hybridized carbons (Fsp3) is 0.917. The highest BCUT2D eigenvalue weighted by Crippen LogP contribution is 2.26. The molecule has 0 heterocycles. The summed E-state index contributed by atoms with van der Waals surface area (Å²) >= 11 is 0. The van der Waals surface area contributed by atoms with Gasteiger partial charge in [0.05, 0.1) is 5.84 Å². The minimum Gasteiger partial charge on any atom is -0.363 e. The molecule has 0 aromatic carbocycles. The van der Waals surface area contributed by atoms with E-state index in [2.05, 4.69) is 25.8 Å². The van der Waals surface area contributed by atoms with E-state index in [-0.39, 0.29) is 0 Å². The van der Waals surface area contributed by atoms with Crippen molar-refractivity contribution in [3.05, 3.63) is 0 Å². The summed E-state index contributed by atoms with van der Waals surface area (Å²) in [4.78, 5) is 2.16. The summed E-state index contributed by atoms with van der Waals surface area (Å²) in [5.41, 5.74) is 0. The van der Waals surface area contributed by atoms with Gasteiger partial charge in [-0.2, -0.15) is 0 Å². The molecule has 0 saturated heterocycles. The van der Waals surface area contributed by atoms with Gasteiger partial charge in [0.25, 0.3) is 0 Å². The molecular weight excluding hydrogens is 172 g/mol. The van der Waals surface area contributed by atoms with Crippen molar-refractivity contribution in [2.45, 2.75) is 46.0 Å². The zero-order chi connectivity index (χ0) is 10.6. The fourth-order valence-corrected chi connectivity index (χ4v) is 2.21. The van der Waals surface area contributed by atoms with Crippen LogP contribution in [0.4, 0.5) is 0 Å². The molecule has 0 spiro atoms. The smallest absolute Gasteiger partial charge is 0.0986 e. The third-order valence-electron chi connectivity index (χ3n) is 3.44. The third-order valence-corrected chi connectivity index (χ3v) is 3.44. The second kappa shape index (κ2) is 5.38. The van der Waals surface area contributed by atoms with Gasteiger partial charge in [-0.15, -0.1) is 0 Å². The van der Waals surface area contributed by atoms with Crippen LogP contribution in [0.25, 0.3) is 0 Å². The van der Waals surface area contributed by atoms with Crippen LogP contribution in [0.15, 0.2) is 0 Å². The normalized spacial score (nSPS) is 19.6. The van der Waals surface area contributed by atoms with Crippen LogP contribution in [-0.2, 0) is 0 Å². The molecule has 0 radical (unpaired) electrons. The summed E-state index contributed by atoms with van der Waals surface area (Å²) in [6.45, 7) is 5.53. The Balaban J connectivity index is 2.35. The molecule has 0 aromatic rings. The largest absolute Gasteiger partial charge is 0.363 e. The van der Waals surface area contributed by atoms with E-state index in [9.17, 15) is 0 Å². The quantitative estimate of drug-likeness (QED) is 0.543. The highest BCUT2D eigenvalue weighted by atomic mass is 15.1. The lowest BCUT2D eigenvalue weighted by atomic mass is 10.0. The van der Waals surface area contributed by atoms with Crippen molar-refractivity contribution in [2.75, 3.05) is 13.6 Å². The summed E-state index contributed by atoms with van der Waals surface area (Å²) in [5, 5.41) is 8.09. The maximum atomic E-state index is 8.09. The molecule has 1 aliphatic carbocycles. The maximum Gasteiger partial charge on any atom is 0.0986 e. The number of nitrogens with zero attached hydrogens (tertiary/aromatic N) is 1. The van der Waals surface area contributed by atoms with Crippen molar-refractivity contribution >= 4 is 5.84 Å². The Hall–Kier alpha value is -0.530.